The zero-order chi connectivity index (χ0) is 7.28. The fraction of sp³-hybridized carbons (Fsp3) is 0.250. The molecule has 0 rings (SSSR count). The molecule has 0 unspecified atom stereocenters. The van der Waals surface area contributed by atoms with Crippen LogP contribution in [0.1, 0.15) is 0 Å². The third-order valence-corrected chi connectivity index (χ3v) is 0.815. The van der Waals surface area contributed by atoms with Crippen molar-refractivity contribution in [3.05, 3.63) is 12.7 Å². The van der Waals surface area contributed by atoms with E-state index in [1.54, 1.807) is 0 Å². The van der Waals surface area contributed by atoms with E-state index in [1.807, 2.05) is 0 Å². The molecule has 10 heavy (non-hydrogen) atoms. The molecule has 0 N–H and O–H groups in total. The fourth-order valence-corrected chi connectivity index (χ4v) is 0.303. The van der Waals surface area contributed by atoms with Gasteiger partial charge in [-0.25, -0.2) is 4.79 Å². The molecule has 3 nitrogen and oxygen atoms in total. The molecule has 0 spiro atoms. The fourth-order valence-electron chi connectivity index (χ4n) is 0.188. The number of hydrogen-bond acceptors (Lipinski definition) is 4. The molecule has 0 aromatic heterocycles. The van der Waals surface area contributed by atoms with Gasteiger partial charge in [0.2, 0.25) is 0 Å². The normalized spacial score (nSPS) is 7.40. The van der Waals surface area contributed by atoms with E-state index in [1.165, 1.54) is 6.08 Å². The third-order valence-electron chi connectivity index (χ3n) is 0.488. The van der Waals surface area contributed by atoms with Crippen LogP contribution in [0.3, 0.4) is 0 Å². The first-order chi connectivity index (χ1) is 4.18. The first kappa shape index (κ1) is 13.0. The van der Waals surface area contributed by atoms with Gasteiger partial charge in [-0.15, -0.1) is 0 Å². The largest absolute Gasteiger partial charge is 0.444 e. The topological polar surface area (TPSA) is 29.5 Å². The SMILES string of the molecule is C=CCOC(=O)N(S)S.[Zn]. The van der Waals surface area contributed by atoms with Crippen molar-refractivity contribution in [1.29, 1.82) is 0 Å². The number of rotatable bonds is 2. The number of hydrogen-bond donors (Lipinski definition) is 2. The van der Waals surface area contributed by atoms with Crippen molar-refractivity contribution in [2.75, 3.05) is 6.61 Å². The Morgan fingerprint density at radius 3 is 2.50 bits per heavy atom. The van der Waals surface area contributed by atoms with Gasteiger partial charge in [0.05, 0.1) is 0 Å². The van der Waals surface area contributed by atoms with Gasteiger partial charge >= 0.3 is 6.09 Å². The second-order valence-electron chi connectivity index (χ2n) is 1.16. The van der Waals surface area contributed by atoms with Crippen molar-refractivity contribution < 1.29 is 29.0 Å². The summed E-state index contributed by atoms with van der Waals surface area (Å²) in [5.74, 6) is 0. The summed E-state index contributed by atoms with van der Waals surface area (Å²) in [6.45, 7) is 3.52. The van der Waals surface area contributed by atoms with E-state index < -0.39 is 6.09 Å². The minimum Gasteiger partial charge on any atom is -0.444 e. The van der Waals surface area contributed by atoms with Crippen LogP contribution in [0.25, 0.3) is 0 Å². The van der Waals surface area contributed by atoms with E-state index in [9.17, 15) is 4.79 Å². The first-order valence-electron chi connectivity index (χ1n) is 2.14. The standard InChI is InChI=1S/C4H7NO2S2.Zn/c1-2-3-7-4(6)5(8)9;/h2,8-9H,1,3H2;. The molecule has 0 aliphatic carbocycles. The summed E-state index contributed by atoms with van der Waals surface area (Å²) in [4.78, 5) is 10.4. The van der Waals surface area contributed by atoms with Crippen LogP contribution in [0.2, 0.25) is 0 Å². The van der Waals surface area contributed by atoms with Crippen LogP contribution in [0.4, 0.5) is 4.79 Å². The summed E-state index contributed by atoms with van der Waals surface area (Å²) in [6, 6.07) is 0. The van der Waals surface area contributed by atoms with Gasteiger partial charge in [-0.2, -0.15) is 3.71 Å². The van der Waals surface area contributed by atoms with Gasteiger partial charge in [0, 0.05) is 19.5 Å². The Morgan fingerprint density at radius 1 is 1.70 bits per heavy atom. The molecule has 0 saturated heterocycles. The van der Waals surface area contributed by atoms with E-state index in [2.05, 4.69) is 36.9 Å². The maximum absolute atomic E-state index is 10.4. The maximum Gasteiger partial charge on any atom is 0.430 e. The smallest absolute Gasteiger partial charge is 0.430 e. The molecule has 0 aromatic carbocycles. The Kier molecular flexibility index (Phi) is 9.64. The van der Waals surface area contributed by atoms with Crippen LogP contribution in [-0.2, 0) is 24.2 Å². The van der Waals surface area contributed by atoms with Gasteiger partial charge in [-0.05, 0) is 25.6 Å². The molecule has 0 heterocycles. The van der Waals surface area contributed by atoms with E-state index in [0.717, 1.165) is 3.71 Å². The summed E-state index contributed by atoms with van der Waals surface area (Å²) in [5.41, 5.74) is 0. The van der Waals surface area contributed by atoms with Crippen molar-refractivity contribution in [3.63, 3.8) is 0 Å². The minimum absolute atomic E-state index is 0. The Balaban J connectivity index is 0. The van der Waals surface area contributed by atoms with Crippen LogP contribution >= 0.6 is 25.6 Å². The zero-order valence-corrected chi connectivity index (χ0v) is 10.1. The molecule has 0 aliphatic rings. The van der Waals surface area contributed by atoms with E-state index >= 15 is 0 Å². The molecule has 0 atom stereocenters. The second kappa shape index (κ2) is 7.44. The van der Waals surface area contributed by atoms with E-state index in [0.29, 0.717) is 0 Å². The van der Waals surface area contributed by atoms with Crippen LogP contribution in [0.5, 0.6) is 0 Å². The molecule has 0 aromatic rings. The van der Waals surface area contributed by atoms with Gasteiger partial charge in [-0.1, -0.05) is 12.7 Å². The number of nitrogens with zero attached hydrogens (tertiary/aromatic N) is 1. The molecule has 1 amide bonds. The Bertz CT molecular complexity index is 120. The Hall–Kier alpha value is 0.333. The maximum atomic E-state index is 10.4. The van der Waals surface area contributed by atoms with Gasteiger partial charge in [0.25, 0.3) is 0 Å². The number of amides is 1. The summed E-state index contributed by atoms with van der Waals surface area (Å²) in [6.07, 6.45) is 0.852. The van der Waals surface area contributed by atoms with Gasteiger partial charge in [-0.3, -0.25) is 0 Å². The first-order valence-corrected chi connectivity index (χ1v) is 2.94. The quantitative estimate of drug-likeness (QED) is 0.425. The van der Waals surface area contributed by atoms with Crippen LogP contribution in [0.15, 0.2) is 12.7 Å². The molecule has 0 aliphatic heterocycles. The second-order valence-corrected chi connectivity index (χ2v) is 2.27. The molecule has 0 fully saturated rings. The van der Waals surface area contributed by atoms with Crippen LogP contribution in [0, 0.1) is 0 Å². The third kappa shape index (κ3) is 6.45. The number of ether oxygens (including phenoxy) is 1. The van der Waals surface area contributed by atoms with Crippen molar-refractivity contribution in [2.24, 2.45) is 0 Å². The molecular weight excluding hydrogens is 224 g/mol. The molecule has 0 radical (unpaired) electrons. The minimum atomic E-state index is -0.610. The van der Waals surface area contributed by atoms with Crippen LogP contribution < -0.4 is 0 Å². The zero-order valence-electron chi connectivity index (χ0n) is 5.36. The monoisotopic (exact) mass is 229 g/mol. The predicted octanol–water partition coefficient (Wildman–Crippen LogP) is 1.30. The van der Waals surface area contributed by atoms with Crippen molar-refractivity contribution >= 4 is 31.7 Å². The molecule has 0 bridgehead atoms. The molecule has 0 saturated carbocycles. The summed E-state index contributed by atoms with van der Waals surface area (Å²) in [7, 11) is 0. The van der Waals surface area contributed by atoms with Crippen molar-refractivity contribution in [3.8, 4) is 0 Å². The van der Waals surface area contributed by atoms with Crippen LogP contribution in [-0.4, -0.2) is 16.4 Å². The van der Waals surface area contributed by atoms with Gasteiger partial charge in [0.1, 0.15) is 6.61 Å². The predicted molar refractivity (Wildman–Crippen MR) is 41.4 cm³/mol. The molecule has 6 heteroatoms. The van der Waals surface area contributed by atoms with E-state index in [4.69, 9.17) is 0 Å². The number of thiol groups is 2. The Labute approximate surface area is 83.6 Å². The molecule has 54 valence electrons. The van der Waals surface area contributed by atoms with Gasteiger partial charge < -0.3 is 4.74 Å². The van der Waals surface area contributed by atoms with Gasteiger partial charge in [0.15, 0.2) is 0 Å². The number of carbonyl (C=O) groups is 1. The summed E-state index contributed by atoms with van der Waals surface area (Å²) < 4.78 is 5.22. The average Bonchev–Trinajstić information content (AvgIpc) is 1.82. The van der Waals surface area contributed by atoms with Crippen molar-refractivity contribution in [2.45, 2.75) is 0 Å². The average molecular weight is 231 g/mol. The number of carbonyl (C=O) groups excluding carboxylic acids is 1. The van der Waals surface area contributed by atoms with E-state index in [-0.39, 0.29) is 26.1 Å². The van der Waals surface area contributed by atoms with Crippen molar-refractivity contribution in [1.82, 2.24) is 3.71 Å². The Morgan fingerprint density at radius 2 is 2.20 bits per heavy atom. The molecular formula is C4H7NO2S2Zn. The summed E-state index contributed by atoms with van der Waals surface area (Å²) in [5, 5.41) is 0. The summed E-state index contributed by atoms with van der Waals surface area (Å²) >= 11 is 7.11.